The molecule has 1 aliphatic rings. The summed E-state index contributed by atoms with van der Waals surface area (Å²) < 4.78 is 6.51. The highest BCUT2D eigenvalue weighted by atomic mass is 79.9. The average molecular weight is 392 g/mol. The van der Waals surface area contributed by atoms with Crippen molar-refractivity contribution in [3.63, 3.8) is 0 Å². The van der Waals surface area contributed by atoms with Crippen molar-refractivity contribution in [3.05, 3.63) is 40.9 Å². The summed E-state index contributed by atoms with van der Waals surface area (Å²) in [7, 11) is 0. The van der Waals surface area contributed by atoms with Crippen LogP contribution >= 0.6 is 15.9 Å². The van der Waals surface area contributed by atoms with Crippen LogP contribution in [0.3, 0.4) is 0 Å². The molecule has 2 aromatic rings. The lowest BCUT2D eigenvalue weighted by Crippen LogP contribution is -2.42. The molecule has 1 aliphatic heterocycles. The minimum atomic E-state index is -0.779. The maximum atomic E-state index is 12.3. The molecule has 0 aliphatic carbocycles. The van der Waals surface area contributed by atoms with Gasteiger partial charge in [0.05, 0.1) is 10.4 Å². The molecule has 1 N–H and O–H groups in total. The first-order chi connectivity index (χ1) is 11.6. The van der Waals surface area contributed by atoms with E-state index >= 15 is 0 Å². The van der Waals surface area contributed by atoms with Crippen LogP contribution < -0.4 is 4.74 Å². The summed E-state index contributed by atoms with van der Waals surface area (Å²) in [6, 6.07) is 11.7. The van der Waals surface area contributed by atoms with Crippen molar-refractivity contribution >= 4 is 38.6 Å². The van der Waals surface area contributed by atoms with E-state index in [9.17, 15) is 9.59 Å². The van der Waals surface area contributed by atoms with Gasteiger partial charge in [-0.05, 0) is 45.6 Å². The third-order valence-corrected chi connectivity index (χ3v) is 5.19. The number of piperidine rings is 1. The van der Waals surface area contributed by atoms with Gasteiger partial charge in [-0.3, -0.25) is 9.59 Å². The Morgan fingerprint density at radius 3 is 2.58 bits per heavy atom. The third kappa shape index (κ3) is 3.53. The second-order valence-corrected chi connectivity index (χ2v) is 6.67. The van der Waals surface area contributed by atoms with Gasteiger partial charge in [0.15, 0.2) is 6.61 Å². The van der Waals surface area contributed by atoms with Gasteiger partial charge in [0.25, 0.3) is 5.91 Å². The van der Waals surface area contributed by atoms with Crippen LogP contribution in [0.1, 0.15) is 12.8 Å². The van der Waals surface area contributed by atoms with Gasteiger partial charge in [-0.1, -0.05) is 30.3 Å². The number of nitrogens with zero attached hydrogens (tertiary/aromatic N) is 1. The highest BCUT2D eigenvalue weighted by molar-refractivity contribution is 9.10. The largest absolute Gasteiger partial charge is 0.483 e. The van der Waals surface area contributed by atoms with Crippen molar-refractivity contribution in [2.24, 2.45) is 5.92 Å². The molecule has 0 aromatic heterocycles. The predicted molar refractivity (Wildman–Crippen MR) is 94.1 cm³/mol. The number of benzene rings is 2. The summed E-state index contributed by atoms with van der Waals surface area (Å²) in [6.07, 6.45) is 1.00. The van der Waals surface area contributed by atoms with Gasteiger partial charge < -0.3 is 14.7 Å². The zero-order valence-electron chi connectivity index (χ0n) is 13.1. The van der Waals surface area contributed by atoms with Crippen molar-refractivity contribution in [1.29, 1.82) is 0 Å². The first kappa shape index (κ1) is 16.8. The molecule has 6 heteroatoms. The predicted octanol–water partition coefficient (Wildman–Crippen LogP) is 3.30. The Bertz CT molecular complexity index is 769. The third-order valence-electron chi connectivity index (χ3n) is 4.38. The number of ether oxygens (including phenoxy) is 1. The molecule has 0 radical (unpaired) electrons. The number of aliphatic carboxylic acids is 1. The topological polar surface area (TPSA) is 66.8 Å². The summed E-state index contributed by atoms with van der Waals surface area (Å²) in [5.41, 5.74) is 0. The van der Waals surface area contributed by atoms with Crippen LogP contribution in [0.15, 0.2) is 40.9 Å². The number of carbonyl (C=O) groups excluding carboxylic acids is 1. The first-order valence-corrected chi connectivity index (χ1v) is 8.66. The number of carboxylic acid groups (broad SMARTS) is 1. The van der Waals surface area contributed by atoms with Crippen molar-refractivity contribution < 1.29 is 19.4 Å². The molecule has 0 saturated carbocycles. The van der Waals surface area contributed by atoms with Gasteiger partial charge in [-0.25, -0.2) is 0 Å². The highest BCUT2D eigenvalue weighted by Crippen LogP contribution is 2.33. The second-order valence-electron chi connectivity index (χ2n) is 5.88. The Balaban J connectivity index is 1.61. The number of carbonyl (C=O) groups is 2. The molecule has 2 aromatic carbocycles. The van der Waals surface area contributed by atoms with Gasteiger partial charge in [-0.15, -0.1) is 0 Å². The van der Waals surface area contributed by atoms with Crippen LogP contribution in [0, 0.1) is 5.92 Å². The maximum Gasteiger partial charge on any atom is 0.306 e. The van der Waals surface area contributed by atoms with E-state index in [2.05, 4.69) is 15.9 Å². The fraction of sp³-hybridized carbons (Fsp3) is 0.333. The van der Waals surface area contributed by atoms with Gasteiger partial charge in [0, 0.05) is 13.1 Å². The minimum absolute atomic E-state index is 0.0469. The lowest BCUT2D eigenvalue weighted by molar-refractivity contribution is -0.146. The second kappa shape index (κ2) is 7.21. The number of fused-ring (bicyclic) bond motifs is 1. The van der Waals surface area contributed by atoms with Crippen molar-refractivity contribution in [2.45, 2.75) is 12.8 Å². The molecule has 24 heavy (non-hydrogen) atoms. The fourth-order valence-electron chi connectivity index (χ4n) is 2.93. The van der Waals surface area contributed by atoms with Crippen molar-refractivity contribution in [1.82, 2.24) is 4.90 Å². The van der Waals surface area contributed by atoms with E-state index in [1.807, 2.05) is 36.4 Å². The van der Waals surface area contributed by atoms with Crippen molar-refractivity contribution in [2.75, 3.05) is 19.7 Å². The van der Waals surface area contributed by atoms with E-state index in [1.165, 1.54) is 0 Å². The number of hydrogen-bond donors (Lipinski definition) is 1. The number of amides is 1. The number of carboxylic acids is 1. The quantitative estimate of drug-likeness (QED) is 0.867. The van der Waals surface area contributed by atoms with Gasteiger partial charge in [0.2, 0.25) is 0 Å². The Hall–Kier alpha value is -2.08. The standard InChI is InChI=1S/C18H18BrNO4/c19-17-14-4-2-1-3-12(14)5-6-15(17)24-11-16(21)20-9-7-13(8-10-20)18(22)23/h1-6,13H,7-11H2,(H,22,23). The van der Waals surface area contributed by atoms with Crippen LogP contribution in [0.2, 0.25) is 0 Å². The summed E-state index contributed by atoms with van der Waals surface area (Å²) in [4.78, 5) is 24.9. The van der Waals surface area contributed by atoms with Gasteiger partial charge in [0.1, 0.15) is 5.75 Å². The Morgan fingerprint density at radius 1 is 1.17 bits per heavy atom. The van der Waals surface area contributed by atoms with Crippen LogP contribution in [-0.2, 0) is 9.59 Å². The minimum Gasteiger partial charge on any atom is -0.483 e. The van der Waals surface area contributed by atoms with E-state index in [0.29, 0.717) is 31.7 Å². The first-order valence-electron chi connectivity index (χ1n) is 7.87. The molecular weight excluding hydrogens is 374 g/mol. The molecule has 3 rings (SSSR count). The van der Waals surface area contributed by atoms with E-state index in [4.69, 9.17) is 9.84 Å². The zero-order chi connectivity index (χ0) is 17.1. The Kier molecular flexibility index (Phi) is 5.04. The molecule has 0 bridgehead atoms. The molecular formula is C18H18BrNO4. The van der Waals surface area contributed by atoms with Crippen molar-refractivity contribution in [3.8, 4) is 5.75 Å². The van der Waals surface area contributed by atoms with E-state index in [1.54, 1.807) is 4.90 Å². The summed E-state index contributed by atoms with van der Waals surface area (Å²) >= 11 is 3.54. The number of halogens is 1. The van der Waals surface area contributed by atoms with Gasteiger partial charge in [-0.2, -0.15) is 0 Å². The number of hydrogen-bond acceptors (Lipinski definition) is 3. The molecule has 1 fully saturated rings. The SMILES string of the molecule is O=C(O)C1CCN(C(=O)COc2ccc3ccccc3c2Br)CC1. The average Bonchev–Trinajstić information content (AvgIpc) is 2.61. The normalized spacial score (nSPS) is 15.5. The molecule has 0 unspecified atom stereocenters. The molecule has 5 nitrogen and oxygen atoms in total. The smallest absolute Gasteiger partial charge is 0.306 e. The number of rotatable bonds is 4. The maximum absolute atomic E-state index is 12.3. The molecule has 1 amide bonds. The van der Waals surface area contributed by atoms with E-state index in [0.717, 1.165) is 15.2 Å². The summed E-state index contributed by atoms with van der Waals surface area (Å²) in [5, 5.41) is 11.1. The molecule has 126 valence electrons. The summed E-state index contributed by atoms with van der Waals surface area (Å²) in [5.74, 6) is -0.607. The lowest BCUT2D eigenvalue weighted by atomic mass is 9.97. The van der Waals surface area contributed by atoms with Crippen LogP contribution in [0.4, 0.5) is 0 Å². The van der Waals surface area contributed by atoms with E-state index < -0.39 is 5.97 Å². The Morgan fingerprint density at radius 2 is 1.88 bits per heavy atom. The zero-order valence-corrected chi connectivity index (χ0v) is 14.7. The Labute approximate surface area is 148 Å². The van der Waals surface area contributed by atoms with Crippen LogP contribution in [0.5, 0.6) is 5.75 Å². The molecule has 1 saturated heterocycles. The molecule has 0 atom stereocenters. The highest BCUT2D eigenvalue weighted by Gasteiger charge is 2.27. The van der Waals surface area contributed by atoms with Crippen LogP contribution in [0.25, 0.3) is 10.8 Å². The monoisotopic (exact) mass is 391 g/mol. The fourth-order valence-corrected chi connectivity index (χ4v) is 3.54. The van der Waals surface area contributed by atoms with E-state index in [-0.39, 0.29) is 18.4 Å². The number of likely N-dealkylation sites (tertiary alicyclic amines) is 1. The molecule has 0 spiro atoms. The van der Waals surface area contributed by atoms with Gasteiger partial charge >= 0.3 is 5.97 Å². The molecule has 1 heterocycles. The lowest BCUT2D eigenvalue weighted by Gasteiger charge is -2.30. The van der Waals surface area contributed by atoms with Crippen LogP contribution in [-0.4, -0.2) is 41.6 Å². The summed E-state index contributed by atoms with van der Waals surface area (Å²) in [6.45, 7) is 0.894.